The third-order valence-corrected chi connectivity index (χ3v) is 4.38. The number of hydrogen-bond donors (Lipinski definition) is 1. The second-order valence-corrected chi connectivity index (χ2v) is 7.08. The Morgan fingerprint density at radius 1 is 1.30 bits per heavy atom. The summed E-state index contributed by atoms with van der Waals surface area (Å²) in [6, 6.07) is 3.74. The molecule has 0 bridgehead atoms. The van der Waals surface area contributed by atoms with Gasteiger partial charge in [-0.25, -0.2) is 4.39 Å². The minimum Gasteiger partial charge on any atom is -0.397 e. The lowest BCUT2D eigenvalue weighted by atomic mass is 9.93. The first kappa shape index (κ1) is 15.6. The molecule has 0 unspecified atom stereocenters. The van der Waals surface area contributed by atoms with Crippen LogP contribution in [0, 0.1) is 11.7 Å². The van der Waals surface area contributed by atoms with Crippen LogP contribution in [-0.2, 0) is 0 Å². The van der Waals surface area contributed by atoms with E-state index in [0.29, 0.717) is 27.8 Å². The van der Waals surface area contributed by atoms with E-state index in [-0.39, 0.29) is 5.82 Å². The predicted molar refractivity (Wildman–Crippen MR) is 87.6 cm³/mol. The molecular weight excluding hydrogens is 319 g/mol. The number of nitrogens with zero attached hydrogens (tertiary/aromatic N) is 1. The molecule has 0 atom stereocenters. The van der Waals surface area contributed by atoms with Crippen molar-refractivity contribution < 1.29 is 4.39 Å². The van der Waals surface area contributed by atoms with E-state index in [0.717, 1.165) is 19.4 Å². The number of anilines is 2. The molecule has 0 amide bonds. The van der Waals surface area contributed by atoms with Gasteiger partial charge in [0.15, 0.2) is 0 Å². The van der Waals surface area contributed by atoms with Gasteiger partial charge in [-0.3, -0.25) is 0 Å². The first-order chi connectivity index (χ1) is 9.49. The van der Waals surface area contributed by atoms with Crippen LogP contribution in [0.15, 0.2) is 16.6 Å². The summed E-state index contributed by atoms with van der Waals surface area (Å²) in [7, 11) is 0. The van der Waals surface area contributed by atoms with E-state index in [1.54, 1.807) is 6.07 Å². The topological polar surface area (TPSA) is 29.3 Å². The molecule has 0 saturated heterocycles. The van der Waals surface area contributed by atoms with Gasteiger partial charge in [0.2, 0.25) is 0 Å². The molecule has 20 heavy (non-hydrogen) atoms. The van der Waals surface area contributed by atoms with Crippen molar-refractivity contribution in [1.82, 2.24) is 0 Å². The molecule has 1 saturated carbocycles. The molecular formula is C16H24BrFN2. The summed E-state index contributed by atoms with van der Waals surface area (Å²) < 4.78 is 15.1. The predicted octanol–water partition coefficient (Wildman–Crippen LogP) is 4.97. The van der Waals surface area contributed by atoms with Crippen LogP contribution in [-0.4, -0.2) is 12.6 Å². The summed E-state index contributed by atoms with van der Waals surface area (Å²) in [6.07, 6.45) is 6.04. The second kappa shape index (κ2) is 6.79. The van der Waals surface area contributed by atoms with Crippen molar-refractivity contribution >= 4 is 27.3 Å². The Bertz CT molecular complexity index is 433. The molecule has 112 valence electrons. The maximum Gasteiger partial charge on any atom is 0.149 e. The fourth-order valence-corrected chi connectivity index (χ4v) is 3.55. The number of nitrogens with two attached hydrogens (primary N) is 1. The molecule has 0 radical (unpaired) electrons. The molecule has 2 nitrogen and oxygen atoms in total. The van der Waals surface area contributed by atoms with Crippen molar-refractivity contribution in [3.05, 3.63) is 22.4 Å². The van der Waals surface area contributed by atoms with Gasteiger partial charge in [-0.05, 0) is 30.9 Å². The van der Waals surface area contributed by atoms with Crippen LogP contribution in [0.5, 0.6) is 0 Å². The van der Waals surface area contributed by atoms with Gasteiger partial charge in [-0.15, -0.1) is 0 Å². The number of nitrogen functional groups attached to an aromatic ring is 1. The van der Waals surface area contributed by atoms with Gasteiger partial charge in [0.1, 0.15) is 5.82 Å². The molecule has 1 fully saturated rings. The first-order valence-corrected chi connectivity index (χ1v) is 8.29. The standard InChI is InChI=1S/C16H24BrFN2/c1-11(2)10-20(13-6-4-3-5-7-13)16-14(18)8-12(17)9-15(16)19/h8-9,11,13H,3-7,10,19H2,1-2H3. The van der Waals surface area contributed by atoms with Gasteiger partial charge in [-0.2, -0.15) is 0 Å². The van der Waals surface area contributed by atoms with Gasteiger partial charge in [0.05, 0.1) is 11.4 Å². The lowest BCUT2D eigenvalue weighted by molar-refractivity contribution is 0.398. The highest BCUT2D eigenvalue weighted by atomic mass is 79.9. The summed E-state index contributed by atoms with van der Waals surface area (Å²) >= 11 is 3.30. The van der Waals surface area contributed by atoms with Crippen molar-refractivity contribution in [3.8, 4) is 0 Å². The SMILES string of the molecule is CC(C)CN(c1c(N)cc(Br)cc1F)C1CCCCC1. The van der Waals surface area contributed by atoms with E-state index in [4.69, 9.17) is 5.73 Å². The highest BCUT2D eigenvalue weighted by molar-refractivity contribution is 9.10. The molecule has 1 aromatic carbocycles. The minimum atomic E-state index is -0.219. The van der Waals surface area contributed by atoms with Crippen molar-refractivity contribution in [2.75, 3.05) is 17.2 Å². The maximum absolute atomic E-state index is 14.4. The summed E-state index contributed by atoms with van der Waals surface area (Å²) in [4.78, 5) is 2.21. The van der Waals surface area contributed by atoms with Crippen molar-refractivity contribution in [2.45, 2.75) is 52.0 Å². The fraction of sp³-hybridized carbons (Fsp3) is 0.625. The zero-order valence-corrected chi connectivity index (χ0v) is 13.9. The molecule has 1 aromatic rings. The third kappa shape index (κ3) is 3.66. The Morgan fingerprint density at radius 2 is 1.95 bits per heavy atom. The second-order valence-electron chi connectivity index (χ2n) is 6.16. The molecule has 1 aliphatic rings. The molecule has 0 aromatic heterocycles. The summed E-state index contributed by atoms with van der Waals surface area (Å²) in [5.74, 6) is 0.266. The number of rotatable bonds is 4. The number of hydrogen-bond acceptors (Lipinski definition) is 2. The summed E-state index contributed by atoms with van der Waals surface area (Å²) in [6.45, 7) is 5.19. The van der Waals surface area contributed by atoms with Crippen molar-refractivity contribution in [1.29, 1.82) is 0 Å². The Balaban J connectivity index is 2.35. The van der Waals surface area contributed by atoms with Crippen LogP contribution in [0.3, 0.4) is 0 Å². The Kier molecular flexibility index (Phi) is 5.30. The molecule has 0 heterocycles. The lowest BCUT2D eigenvalue weighted by Gasteiger charge is -2.38. The first-order valence-electron chi connectivity index (χ1n) is 7.50. The minimum absolute atomic E-state index is 0.219. The zero-order valence-electron chi connectivity index (χ0n) is 12.3. The number of halogens is 2. The van der Waals surface area contributed by atoms with Crippen LogP contribution >= 0.6 is 15.9 Å². The summed E-state index contributed by atoms with van der Waals surface area (Å²) in [5.41, 5.74) is 7.22. The average Bonchev–Trinajstić information content (AvgIpc) is 2.37. The Morgan fingerprint density at radius 3 is 2.50 bits per heavy atom. The van der Waals surface area contributed by atoms with Gasteiger partial charge in [-0.1, -0.05) is 49.0 Å². The van der Waals surface area contributed by atoms with E-state index < -0.39 is 0 Å². The van der Waals surface area contributed by atoms with Crippen LogP contribution in [0.1, 0.15) is 46.0 Å². The highest BCUT2D eigenvalue weighted by Crippen LogP contribution is 2.35. The molecule has 2 rings (SSSR count). The van der Waals surface area contributed by atoms with Gasteiger partial charge < -0.3 is 10.6 Å². The quantitative estimate of drug-likeness (QED) is 0.783. The van der Waals surface area contributed by atoms with Crippen LogP contribution in [0.2, 0.25) is 0 Å². The van der Waals surface area contributed by atoms with Crippen molar-refractivity contribution in [3.63, 3.8) is 0 Å². The maximum atomic E-state index is 14.4. The monoisotopic (exact) mass is 342 g/mol. The largest absolute Gasteiger partial charge is 0.397 e. The number of benzene rings is 1. The van der Waals surface area contributed by atoms with E-state index in [2.05, 4.69) is 34.7 Å². The Labute approximate surface area is 129 Å². The van der Waals surface area contributed by atoms with Crippen LogP contribution in [0.25, 0.3) is 0 Å². The van der Waals surface area contributed by atoms with E-state index in [1.807, 2.05) is 0 Å². The molecule has 0 aliphatic heterocycles. The summed E-state index contributed by atoms with van der Waals surface area (Å²) in [5, 5.41) is 0. The van der Waals surface area contributed by atoms with E-state index >= 15 is 0 Å². The van der Waals surface area contributed by atoms with Gasteiger partial charge >= 0.3 is 0 Å². The average molecular weight is 343 g/mol. The van der Waals surface area contributed by atoms with Crippen LogP contribution in [0.4, 0.5) is 15.8 Å². The smallest absolute Gasteiger partial charge is 0.149 e. The third-order valence-electron chi connectivity index (χ3n) is 3.92. The van der Waals surface area contributed by atoms with Gasteiger partial charge in [0, 0.05) is 17.1 Å². The van der Waals surface area contributed by atoms with Crippen LogP contribution < -0.4 is 10.6 Å². The lowest BCUT2D eigenvalue weighted by Crippen LogP contribution is -2.40. The van der Waals surface area contributed by atoms with Gasteiger partial charge in [0.25, 0.3) is 0 Å². The van der Waals surface area contributed by atoms with E-state index in [1.165, 1.54) is 25.3 Å². The molecule has 1 aliphatic carbocycles. The fourth-order valence-electron chi connectivity index (χ4n) is 3.10. The highest BCUT2D eigenvalue weighted by Gasteiger charge is 2.26. The Hall–Kier alpha value is -0.770. The van der Waals surface area contributed by atoms with E-state index in [9.17, 15) is 4.39 Å². The zero-order chi connectivity index (χ0) is 14.7. The normalized spacial score (nSPS) is 16.6. The van der Waals surface area contributed by atoms with Crippen molar-refractivity contribution in [2.24, 2.45) is 5.92 Å². The molecule has 2 N–H and O–H groups in total. The molecule has 0 spiro atoms. The molecule has 4 heteroatoms.